The van der Waals surface area contributed by atoms with Crippen molar-refractivity contribution in [2.45, 2.75) is 32.3 Å². The van der Waals surface area contributed by atoms with E-state index in [0.29, 0.717) is 12.1 Å². The lowest BCUT2D eigenvalue weighted by atomic mass is 9.96. The molecule has 3 N–H and O–H groups in total. The number of hydrogen-bond donors (Lipinski definition) is 3. The van der Waals surface area contributed by atoms with Gasteiger partial charge in [-0.05, 0) is 61.1 Å². The fraction of sp³-hybridized carbons (Fsp3) is 0.300. The average Bonchev–Trinajstić information content (AvgIpc) is 2.90. The Morgan fingerprint density at radius 1 is 1.08 bits per heavy atom. The van der Waals surface area contributed by atoms with Gasteiger partial charge in [0.25, 0.3) is 0 Å². The van der Waals surface area contributed by atoms with Crippen molar-refractivity contribution in [2.75, 3.05) is 11.9 Å². The van der Waals surface area contributed by atoms with Gasteiger partial charge in [0.05, 0.1) is 6.54 Å². The summed E-state index contributed by atoms with van der Waals surface area (Å²) in [4.78, 5) is 24.2. The summed E-state index contributed by atoms with van der Waals surface area (Å²) in [6.07, 6.45) is 1.29. The molecule has 2 aromatic carbocycles. The number of rotatable bonds is 3. The molecule has 25 heavy (non-hydrogen) atoms. The monoisotopic (exact) mass is 338 g/mol. The minimum absolute atomic E-state index is 0.0170. The van der Waals surface area contributed by atoms with Gasteiger partial charge in [0.2, 0.25) is 0 Å². The van der Waals surface area contributed by atoms with Crippen molar-refractivity contribution in [3.05, 3.63) is 64.7 Å². The molecule has 0 saturated heterocycles. The third-order valence-electron chi connectivity index (χ3n) is 4.55. The summed E-state index contributed by atoms with van der Waals surface area (Å²) in [5.41, 5.74) is 3.39. The molecule has 1 aliphatic carbocycles. The zero-order valence-corrected chi connectivity index (χ0v) is 14.4. The molecule has 130 valence electrons. The number of anilines is 1. The van der Waals surface area contributed by atoms with Crippen molar-refractivity contribution in [2.24, 2.45) is 0 Å². The van der Waals surface area contributed by atoms with Crippen LogP contribution in [0.1, 0.15) is 28.7 Å². The van der Waals surface area contributed by atoms with E-state index in [1.807, 2.05) is 44.2 Å². The Morgan fingerprint density at radius 2 is 1.76 bits per heavy atom. The molecule has 3 rings (SSSR count). The molecule has 5 heteroatoms. The van der Waals surface area contributed by atoms with Crippen LogP contribution < -0.4 is 10.6 Å². The summed E-state index contributed by atoms with van der Waals surface area (Å²) in [6, 6.07) is 13.2. The lowest BCUT2D eigenvalue weighted by Gasteiger charge is -2.24. The van der Waals surface area contributed by atoms with Crippen LogP contribution in [0.3, 0.4) is 0 Å². The molecule has 1 unspecified atom stereocenters. The number of amides is 2. The first kappa shape index (κ1) is 17.2. The van der Waals surface area contributed by atoms with Gasteiger partial charge in [-0.2, -0.15) is 0 Å². The molecule has 0 bridgehead atoms. The predicted molar refractivity (Wildman–Crippen MR) is 96.2 cm³/mol. The van der Waals surface area contributed by atoms with Crippen LogP contribution in [-0.2, 0) is 21.6 Å². The third kappa shape index (κ3) is 3.72. The van der Waals surface area contributed by atoms with E-state index < -0.39 is 17.4 Å². The lowest BCUT2D eigenvalue weighted by molar-refractivity contribution is -0.136. The number of carbonyl (C=O) groups is 2. The summed E-state index contributed by atoms with van der Waals surface area (Å²) < 4.78 is 0. The first-order valence-corrected chi connectivity index (χ1v) is 8.36. The maximum atomic E-state index is 12.1. The van der Waals surface area contributed by atoms with Gasteiger partial charge in [0, 0.05) is 5.69 Å². The number of hydrogen-bond acceptors (Lipinski definition) is 3. The fourth-order valence-corrected chi connectivity index (χ4v) is 3.39. The second-order valence-electron chi connectivity index (χ2n) is 6.70. The van der Waals surface area contributed by atoms with Gasteiger partial charge in [-0.15, -0.1) is 0 Å². The second kappa shape index (κ2) is 6.69. The number of aryl methyl sites for hydroxylation is 3. The van der Waals surface area contributed by atoms with E-state index in [9.17, 15) is 14.7 Å². The maximum absolute atomic E-state index is 12.1. The number of fused-ring (bicyclic) bond motifs is 1. The molecule has 0 spiro atoms. The first-order chi connectivity index (χ1) is 11.9. The zero-order chi connectivity index (χ0) is 18.0. The summed E-state index contributed by atoms with van der Waals surface area (Å²) in [7, 11) is 0. The Hall–Kier alpha value is -2.66. The number of carbonyl (C=O) groups excluding carboxylic acids is 2. The summed E-state index contributed by atoms with van der Waals surface area (Å²) in [5, 5.41) is 15.9. The van der Waals surface area contributed by atoms with E-state index in [1.165, 1.54) is 0 Å². The van der Waals surface area contributed by atoms with Gasteiger partial charge < -0.3 is 15.7 Å². The molecule has 2 aromatic rings. The molecule has 0 aliphatic heterocycles. The van der Waals surface area contributed by atoms with E-state index >= 15 is 0 Å². The Kier molecular flexibility index (Phi) is 4.59. The minimum Gasteiger partial charge on any atom is -0.383 e. The van der Waals surface area contributed by atoms with Crippen LogP contribution in [0.25, 0.3) is 0 Å². The predicted octanol–water partition coefficient (Wildman–Crippen LogP) is 2.19. The van der Waals surface area contributed by atoms with E-state index in [-0.39, 0.29) is 6.54 Å². The van der Waals surface area contributed by atoms with Gasteiger partial charge in [-0.3, -0.25) is 9.59 Å². The van der Waals surface area contributed by atoms with Gasteiger partial charge in [-0.25, -0.2) is 0 Å². The topological polar surface area (TPSA) is 78.4 Å². The van der Waals surface area contributed by atoms with E-state index in [2.05, 4.69) is 10.6 Å². The van der Waals surface area contributed by atoms with Crippen molar-refractivity contribution < 1.29 is 14.7 Å². The van der Waals surface area contributed by atoms with Gasteiger partial charge >= 0.3 is 11.8 Å². The van der Waals surface area contributed by atoms with Crippen molar-refractivity contribution in [3.63, 3.8) is 0 Å². The van der Waals surface area contributed by atoms with E-state index in [4.69, 9.17) is 0 Å². The molecule has 5 nitrogen and oxygen atoms in total. The molecule has 1 atom stereocenters. The van der Waals surface area contributed by atoms with Crippen LogP contribution in [0.5, 0.6) is 0 Å². The molecule has 0 heterocycles. The van der Waals surface area contributed by atoms with Crippen LogP contribution in [0.2, 0.25) is 0 Å². The second-order valence-corrected chi connectivity index (χ2v) is 6.70. The van der Waals surface area contributed by atoms with Crippen LogP contribution in [-0.4, -0.2) is 23.5 Å². The van der Waals surface area contributed by atoms with Crippen LogP contribution in [0.4, 0.5) is 5.69 Å². The Morgan fingerprint density at radius 3 is 2.48 bits per heavy atom. The SMILES string of the molecule is Cc1cc(C)cc(NC(=O)C(=O)NCC2(O)CCc3ccccc32)c1. The standard InChI is InChI=1S/C20H22N2O3/c1-13-9-14(2)11-16(10-13)22-19(24)18(23)21-12-20(25)8-7-15-5-3-4-6-17(15)20/h3-6,9-11,25H,7-8,12H2,1-2H3,(H,21,23)(H,22,24). The highest BCUT2D eigenvalue weighted by atomic mass is 16.3. The van der Waals surface area contributed by atoms with Crippen LogP contribution >= 0.6 is 0 Å². The molecular formula is C20H22N2O3. The smallest absolute Gasteiger partial charge is 0.313 e. The number of benzene rings is 2. The molecule has 2 amide bonds. The average molecular weight is 338 g/mol. The van der Waals surface area contributed by atoms with Gasteiger partial charge in [0.15, 0.2) is 0 Å². The molecule has 0 saturated carbocycles. The van der Waals surface area contributed by atoms with E-state index in [0.717, 1.165) is 28.7 Å². The van der Waals surface area contributed by atoms with Crippen molar-refractivity contribution in [1.29, 1.82) is 0 Å². The van der Waals surface area contributed by atoms with Crippen molar-refractivity contribution in [1.82, 2.24) is 5.32 Å². The molecule has 0 radical (unpaired) electrons. The quantitative estimate of drug-likeness (QED) is 0.751. The Bertz CT molecular complexity index is 811. The van der Waals surface area contributed by atoms with Gasteiger partial charge in [0.1, 0.15) is 5.60 Å². The van der Waals surface area contributed by atoms with Crippen molar-refractivity contribution >= 4 is 17.5 Å². The lowest BCUT2D eigenvalue weighted by Crippen LogP contribution is -2.43. The summed E-state index contributed by atoms with van der Waals surface area (Å²) >= 11 is 0. The van der Waals surface area contributed by atoms with Crippen LogP contribution in [0.15, 0.2) is 42.5 Å². The first-order valence-electron chi connectivity index (χ1n) is 8.36. The molecule has 0 aromatic heterocycles. The van der Waals surface area contributed by atoms with Gasteiger partial charge in [-0.1, -0.05) is 30.3 Å². The Balaban J connectivity index is 1.62. The number of aliphatic hydroxyl groups is 1. The highest BCUT2D eigenvalue weighted by Crippen LogP contribution is 2.36. The largest absolute Gasteiger partial charge is 0.383 e. The fourth-order valence-electron chi connectivity index (χ4n) is 3.39. The molecule has 1 aliphatic rings. The number of nitrogens with one attached hydrogen (secondary N) is 2. The Labute approximate surface area is 147 Å². The van der Waals surface area contributed by atoms with Crippen molar-refractivity contribution in [3.8, 4) is 0 Å². The maximum Gasteiger partial charge on any atom is 0.313 e. The highest BCUT2D eigenvalue weighted by molar-refractivity contribution is 6.39. The molecular weight excluding hydrogens is 316 g/mol. The highest BCUT2D eigenvalue weighted by Gasteiger charge is 2.37. The zero-order valence-electron chi connectivity index (χ0n) is 14.4. The summed E-state index contributed by atoms with van der Waals surface area (Å²) in [5.74, 6) is -1.49. The normalized spacial score (nSPS) is 18.5. The molecule has 0 fully saturated rings. The summed E-state index contributed by atoms with van der Waals surface area (Å²) in [6.45, 7) is 3.87. The van der Waals surface area contributed by atoms with E-state index in [1.54, 1.807) is 12.1 Å². The minimum atomic E-state index is -1.12. The van der Waals surface area contributed by atoms with Crippen LogP contribution in [0, 0.1) is 13.8 Å². The third-order valence-corrected chi connectivity index (χ3v) is 4.55.